The number of unbranched alkanes of at least 4 members (excludes halogenated alkanes) is 28. The summed E-state index contributed by atoms with van der Waals surface area (Å²) in [6.07, 6.45) is 92.3. The molecule has 5 unspecified atom stereocenters. The van der Waals surface area contributed by atoms with E-state index in [0.29, 0.717) is 25.7 Å². The molecule has 0 aliphatic carbocycles. The summed E-state index contributed by atoms with van der Waals surface area (Å²) in [7, 11) is -9.99. The van der Waals surface area contributed by atoms with Crippen LogP contribution in [0.25, 0.3) is 0 Å². The second kappa shape index (κ2) is 80.0. The van der Waals surface area contributed by atoms with Crippen LogP contribution in [0.4, 0.5) is 0 Å². The lowest BCUT2D eigenvalue weighted by molar-refractivity contribution is -0.161. The molecule has 0 saturated heterocycles. The monoisotopic (exact) mass is 1550 g/mol. The smallest absolute Gasteiger partial charge is 0.462 e. The number of phosphoric ester groups is 2. The minimum absolute atomic E-state index is 0.0682. The second-order valence-electron chi connectivity index (χ2n) is 27.6. The van der Waals surface area contributed by atoms with E-state index in [2.05, 4.69) is 174 Å². The van der Waals surface area contributed by atoms with Crippen molar-refractivity contribution in [1.82, 2.24) is 0 Å². The van der Waals surface area contributed by atoms with Gasteiger partial charge >= 0.3 is 39.5 Å². The van der Waals surface area contributed by atoms with E-state index < -0.39 is 97.5 Å². The first-order valence-corrected chi connectivity index (χ1v) is 45.1. The quantitative estimate of drug-likeness (QED) is 0.0169. The number of hydrogen-bond donors (Lipinski definition) is 3. The summed E-state index contributed by atoms with van der Waals surface area (Å²) in [6, 6.07) is 0. The fourth-order valence-electron chi connectivity index (χ4n) is 11.0. The van der Waals surface area contributed by atoms with Crippen LogP contribution in [0, 0.1) is 0 Å². The average molecular weight is 1550 g/mol. The number of allylic oxidation sites excluding steroid dienone is 24. The van der Waals surface area contributed by atoms with Gasteiger partial charge in [0.05, 0.1) is 26.4 Å². The van der Waals surface area contributed by atoms with Crippen molar-refractivity contribution in [1.29, 1.82) is 0 Å². The Balaban J connectivity index is 5.40. The molecule has 0 spiro atoms. The molecule has 5 atom stereocenters. The Hall–Kier alpha value is -5.06. The van der Waals surface area contributed by atoms with Crippen molar-refractivity contribution in [3.8, 4) is 0 Å². The van der Waals surface area contributed by atoms with Gasteiger partial charge in [-0.3, -0.25) is 37.3 Å². The lowest BCUT2D eigenvalue weighted by Crippen LogP contribution is -2.30. The van der Waals surface area contributed by atoms with Crippen LogP contribution in [0.3, 0.4) is 0 Å². The molecule has 0 amide bonds. The maximum Gasteiger partial charge on any atom is 0.472 e. The van der Waals surface area contributed by atoms with E-state index in [-0.39, 0.29) is 25.7 Å². The molecule has 0 aromatic carbocycles. The highest BCUT2D eigenvalue weighted by Crippen LogP contribution is 2.45. The highest BCUT2D eigenvalue weighted by atomic mass is 31.2. The standard InChI is InChI=1S/C89H150O17P2/c1-5-9-13-17-21-25-29-33-37-39-41-43-47-49-53-57-61-65-69-73-86(91)99-79-84(105-88(93)75-71-67-63-59-55-51-45-35-31-27-23-19-15-11-7-3)81-103-107(95,96)101-77-83(90)78-102-108(97,98)104-82-85(106-89(94)76-72-68-64-60-56-52-46-36-32-28-24-20-16-12-8-4)80-100-87(92)74-70-66-62-58-54-50-48-44-42-40-38-34-30-26-22-18-14-10-6-2/h9-11,13-15,21-23,25-27,33-38,41-46,83-85,90H,5-8,12,16-20,24,28-32,39-40,47-82H2,1-4H3,(H,95,96)(H,97,98)/b13-9-,14-10-,15-11-,25-21-,26-22-,27-23-,37-33-,38-34-,43-41-,44-42-,45-35-,46-36-. The molecule has 0 bridgehead atoms. The Morgan fingerprint density at radius 3 is 0.750 bits per heavy atom. The van der Waals surface area contributed by atoms with Crippen molar-refractivity contribution in [3.63, 3.8) is 0 Å². The summed E-state index contributed by atoms with van der Waals surface area (Å²) in [5, 5.41) is 10.7. The lowest BCUT2D eigenvalue weighted by atomic mass is 10.1. The number of aliphatic hydroxyl groups is 1. The van der Waals surface area contributed by atoms with Gasteiger partial charge in [0.2, 0.25) is 0 Å². The number of carbonyl (C=O) groups is 4. The van der Waals surface area contributed by atoms with E-state index in [1.54, 1.807) is 0 Å². The summed E-state index contributed by atoms with van der Waals surface area (Å²) in [5.74, 6) is -2.23. The Kier molecular flexibility index (Phi) is 76.3. The summed E-state index contributed by atoms with van der Waals surface area (Å²) >= 11 is 0. The third kappa shape index (κ3) is 79.0. The van der Waals surface area contributed by atoms with Crippen LogP contribution in [0.2, 0.25) is 0 Å². The molecule has 0 fully saturated rings. The van der Waals surface area contributed by atoms with Gasteiger partial charge in [0.25, 0.3) is 0 Å². The van der Waals surface area contributed by atoms with Gasteiger partial charge in [-0.05, 0) is 161 Å². The van der Waals surface area contributed by atoms with Crippen LogP contribution >= 0.6 is 15.6 Å². The van der Waals surface area contributed by atoms with E-state index in [4.69, 9.17) is 37.0 Å². The molecule has 0 aromatic heterocycles. The fraction of sp³-hybridized carbons (Fsp3) is 0.685. The third-order valence-electron chi connectivity index (χ3n) is 17.3. The van der Waals surface area contributed by atoms with Gasteiger partial charge < -0.3 is 33.8 Å². The van der Waals surface area contributed by atoms with Crippen molar-refractivity contribution in [2.24, 2.45) is 0 Å². The number of esters is 4. The zero-order chi connectivity index (χ0) is 78.9. The Morgan fingerprint density at radius 2 is 0.481 bits per heavy atom. The Labute approximate surface area is 656 Å². The lowest BCUT2D eigenvalue weighted by Gasteiger charge is -2.21. The number of aliphatic hydroxyl groups excluding tert-OH is 1. The molecule has 17 nitrogen and oxygen atoms in total. The molecule has 108 heavy (non-hydrogen) atoms. The molecular formula is C89H150O17P2. The Bertz CT molecular complexity index is 2610. The predicted molar refractivity (Wildman–Crippen MR) is 445 cm³/mol. The molecule has 0 aromatic rings. The number of phosphoric acid groups is 2. The van der Waals surface area contributed by atoms with Gasteiger partial charge in [0, 0.05) is 25.7 Å². The van der Waals surface area contributed by atoms with E-state index in [9.17, 15) is 43.2 Å². The van der Waals surface area contributed by atoms with E-state index >= 15 is 0 Å². The average Bonchev–Trinajstić information content (AvgIpc) is 0.923. The normalized spacial score (nSPS) is 14.5. The molecule has 0 rings (SSSR count). The molecule has 0 saturated carbocycles. The van der Waals surface area contributed by atoms with E-state index in [0.717, 1.165) is 218 Å². The van der Waals surface area contributed by atoms with Crippen LogP contribution in [-0.4, -0.2) is 96.7 Å². The molecule has 0 heterocycles. The van der Waals surface area contributed by atoms with Crippen molar-refractivity contribution in [2.45, 2.75) is 354 Å². The third-order valence-corrected chi connectivity index (χ3v) is 19.2. The number of carbonyl (C=O) groups excluding carboxylic acids is 4. The number of hydrogen-bond acceptors (Lipinski definition) is 15. The van der Waals surface area contributed by atoms with E-state index in [1.807, 2.05) is 0 Å². The van der Waals surface area contributed by atoms with Crippen LogP contribution < -0.4 is 0 Å². The number of rotatable bonds is 78. The number of ether oxygens (including phenoxy) is 4. The highest BCUT2D eigenvalue weighted by molar-refractivity contribution is 7.47. The van der Waals surface area contributed by atoms with Gasteiger partial charge in [0.1, 0.15) is 19.3 Å². The van der Waals surface area contributed by atoms with Crippen LogP contribution in [0.1, 0.15) is 336 Å². The molecule has 618 valence electrons. The predicted octanol–water partition coefficient (Wildman–Crippen LogP) is 25.0. The molecular weight excluding hydrogens is 1400 g/mol. The topological polar surface area (TPSA) is 237 Å². The van der Waals surface area contributed by atoms with Gasteiger partial charge in [-0.15, -0.1) is 0 Å². The maximum atomic E-state index is 13.1. The maximum absolute atomic E-state index is 13.1. The van der Waals surface area contributed by atoms with Gasteiger partial charge in [0.15, 0.2) is 12.2 Å². The Morgan fingerprint density at radius 1 is 0.269 bits per heavy atom. The molecule has 19 heteroatoms. The largest absolute Gasteiger partial charge is 0.472 e. The van der Waals surface area contributed by atoms with Crippen LogP contribution in [-0.2, 0) is 65.4 Å². The van der Waals surface area contributed by atoms with Crippen molar-refractivity contribution in [3.05, 3.63) is 146 Å². The first-order valence-electron chi connectivity index (χ1n) is 42.1. The minimum atomic E-state index is -4.99. The van der Waals surface area contributed by atoms with Crippen molar-refractivity contribution in [2.75, 3.05) is 39.6 Å². The summed E-state index contributed by atoms with van der Waals surface area (Å²) in [6.45, 7) is 4.50. The SMILES string of the molecule is CC/C=C\C/C=C\C/C=C\C/C=C\CCCCCCCCC(=O)OCC(COP(=O)(O)OCC(O)COP(=O)(O)OCC(COC(=O)CCCCCCCC/C=C\C/C=C\C/C=C\C/C=C\CC)OC(=O)CCCCCCC/C=C\CCCCCCCC)OC(=O)CCCCCCC/C=C\C/C=C\C/C=C\CC. The summed E-state index contributed by atoms with van der Waals surface area (Å²) < 4.78 is 68.8. The van der Waals surface area contributed by atoms with Gasteiger partial charge in [-0.1, -0.05) is 296 Å². The van der Waals surface area contributed by atoms with Gasteiger partial charge in [-0.25, -0.2) is 9.13 Å². The van der Waals surface area contributed by atoms with Crippen molar-refractivity contribution < 1.29 is 80.2 Å². The fourth-order valence-corrected chi connectivity index (χ4v) is 12.6. The van der Waals surface area contributed by atoms with E-state index in [1.165, 1.54) is 38.5 Å². The van der Waals surface area contributed by atoms with Crippen LogP contribution in [0.5, 0.6) is 0 Å². The summed E-state index contributed by atoms with van der Waals surface area (Å²) in [4.78, 5) is 73.2. The first-order chi connectivity index (χ1) is 52.7. The van der Waals surface area contributed by atoms with Gasteiger partial charge in [-0.2, -0.15) is 0 Å². The van der Waals surface area contributed by atoms with Crippen LogP contribution in [0.15, 0.2) is 146 Å². The zero-order valence-corrected chi connectivity index (χ0v) is 69.5. The molecule has 0 radical (unpaired) electrons. The second-order valence-corrected chi connectivity index (χ2v) is 30.5. The summed E-state index contributed by atoms with van der Waals surface area (Å²) in [5.41, 5.74) is 0. The molecule has 0 aliphatic rings. The zero-order valence-electron chi connectivity index (χ0n) is 67.7. The van der Waals surface area contributed by atoms with Crippen molar-refractivity contribution >= 4 is 39.5 Å². The molecule has 3 N–H and O–H groups in total. The highest BCUT2D eigenvalue weighted by Gasteiger charge is 2.30. The minimum Gasteiger partial charge on any atom is -0.462 e. The first kappa shape index (κ1) is 103. The molecule has 0 aliphatic heterocycles.